The van der Waals surface area contributed by atoms with E-state index in [9.17, 15) is 4.79 Å². The van der Waals surface area contributed by atoms with Crippen molar-refractivity contribution in [2.45, 2.75) is 97.8 Å². The van der Waals surface area contributed by atoms with Gasteiger partial charge < -0.3 is 15.4 Å². The van der Waals surface area contributed by atoms with E-state index in [1.807, 2.05) is 55.9 Å². The highest BCUT2D eigenvalue weighted by Gasteiger charge is 2.26. The number of benzene rings is 1. The van der Waals surface area contributed by atoms with Gasteiger partial charge in [-0.05, 0) is 65.7 Å². The molecule has 178 valence electrons. The fraction of sp³-hybridized carbons (Fsp3) is 0.640. The molecule has 1 aromatic heterocycles. The number of hydrogen-bond acceptors (Lipinski definition) is 5. The second-order valence-corrected chi connectivity index (χ2v) is 11.5. The predicted molar refractivity (Wildman–Crippen MR) is 129 cm³/mol. The number of amides is 1. The molecule has 7 nitrogen and oxygen atoms in total. The van der Waals surface area contributed by atoms with Crippen molar-refractivity contribution in [1.82, 2.24) is 25.6 Å². The van der Waals surface area contributed by atoms with E-state index in [0.717, 1.165) is 17.0 Å². The van der Waals surface area contributed by atoms with Crippen LogP contribution in [0, 0.1) is 0 Å². The second kappa shape index (κ2) is 10.0. The number of aromatic nitrogens is 3. The Morgan fingerprint density at radius 2 is 1.62 bits per heavy atom. The highest BCUT2D eigenvalue weighted by molar-refractivity contribution is 5.82. The molecule has 0 fully saturated rings. The van der Waals surface area contributed by atoms with E-state index in [-0.39, 0.29) is 28.4 Å². The molecule has 0 saturated heterocycles. The number of ether oxygens (including phenoxy) is 1. The Kier molecular flexibility index (Phi) is 8.10. The molecule has 2 rings (SSSR count). The average Bonchev–Trinajstić information content (AvgIpc) is 3.09. The van der Waals surface area contributed by atoms with Crippen LogP contribution in [0.1, 0.15) is 73.6 Å². The first-order chi connectivity index (χ1) is 14.6. The molecule has 1 aromatic carbocycles. The maximum absolute atomic E-state index is 12.8. The minimum Gasteiger partial charge on any atom is -0.492 e. The number of rotatable bonds is 8. The van der Waals surface area contributed by atoms with Crippen molar-refractivity contribution in [3.05, 3.63) is 41.7 Å². The summed E-state index contributed by atoms with van der Waals surface area (Å²) in [4.78, 5) is 12.8. The molecule has 2 aromatic rings. The van der Waals surface area contributed by atoms with Gasteiger partial charge in [-0.25, -0.2) is 4.68 Å². The molecule has 0 radical (unpaired) electrons. The molecule has 0 saturated carbocycles. The summed E-state index contributed by atoms with van der Waals surface area (Å²) in [6.07, 6.45) is 2.57. The molecule has 2 N–H and O–H groups in total. The Labute approximate surface area is 193 Å². The number of nitrogens with zero attached hydrogens (tertiary/aromatic N) is 3. The first-order valence-electron chi connectivity index (χ1n) is 11.3. The second-order valence-electron chi connectivity index (χ2n) is 11.5. The molecule has 1 amide bonds. The Balaban J connectivity index is 1.94. The largest absolute Gasteiger partial charge is 0.492 e. The van der Waals surface area contributed by atoms with Crippen LogP contribution in [0.15, 0.2) is 30.5 Å². The van der Waals surface area contributed by atoms with Crippen LogP contribution >= 0.6 is 0 Å². The molecule has 0 aliphatic carbocycles. The zero-order valence-corrected chi connectivity index (χ0v) is 21.2. The van der Waals surface area contributed by atoms with Gasteiger partial charge in [0.15, 0.2) is 0 Å². The van der Waals surface area contributed by atoms with Gasteiger partial charge in [-0.1, -0.05) is 38.1 Å². The van der Waals surface area contributed by atoms with Gasteiger partial charge in [0.25, 0.3) is 0 Å². The first-order valence-corrected chi connectivity index (χ1v) is 11.3. The summed E-state index contributed by atoms with van der Waals surface area (Å²) in [6, 6.07) is 7.62. The van der Waals surface area contributed by atoms with Crippen molar-refractivity contribution in [3.8, 4) is 5.75 Å². The van der Waals surface area contributed by atoms with Crippen LogP contribution in [0.25, 0.3) is 0 Å². The van der Waals surface area contributed by atoms with E-state index in [1.54, 1.807) is 0 Å². The maximum atomic E-state index is 12.8. The van der Waals surface area contributed by atoms with Crippen LogP contribution < -0.4 is 15.4 Å². The van der Waals surface area contributed by atoms with E-state index in [1.165, 1.54) is 0 Å². The van der Waals surface area contributed by atoms with Crippen molar-refractivity contribution >= 4 is 5.91 Å². The van der Waals surface area contributed by atoms with Crippen LogP contribution in [-0.4, -0.2) is 44.6 Å². The molecule has 0 aliphatic rings. The van der Waals surface area contributed by atoms with Crippen LogP contribution in [0.4, 0.5) is 0 Å². The third-order valence-corrected chi connectivity index (χ3v) is 4.68. The number of nitrogens with one attached hydrogen (secondary N) is 2. The zero-order chi connectivity index (χ0) is 24.2. The Morgan fingerprint density at radius 3 is 2.12 bits per heavy atom. The molecule has 0 aliphatic heterocycles. The quantitative estimate of drug-likeness (QED) is 0.647. The molecule has 1 unspecified atom stereocenters. The standard InChI is InChI=1S/C25H41N5O2/c1-23(2,3)21-17-30(29-28-21)14-15-32-19-12-10-18(11-13-19)16-20(26-24(4,5)6)22(31)27-25(7,8)9/h10-13,17,20,26H,14-16H2,1-9H3,(H,27,31). The van der Waals surface area contributed by atoms with Gasteiger partial charge in [0.2, 0.25) is 5.91 Å². The van der Waals surface area contributed by atoms with Gasteiger partial charge in [-0.2, -0.15) is 0 Å². The van der Waals surface area contributed by atoms with Crippen LogP contribution in [0.5, 0.6) is 5.75 Å². The van der Waals surface area contributed by atoms with Crippen molar-refractivity contribution in [3.63, 3.8) is 0 Å². The van der Waals surface area contributed by atoms with E-state index in [4.69, 9.17) is 4.74 Å². The van der Waals surface area contributed by atoms with Crippen LogP contribution in [0.2, 0.25) is 0 Å². The Bertz CT molecular complexity index is 867. The minimum atomic E-state index is -0.315. The summed E-state index contributed by atoms with van der Waals surface area (Å²) in [6.45, 7) is 19.7. The van der Waals surface area contributed by atoms with Gasteiger partial charge >= 0.3 is 0 Å². The normalized spacial score (nSPS) is 13.7. The topological polar surface area (TPSA) is 81.1 Å². The number of carbonyl (C=O) groups is 1. The molecule has 0 spiro atoms. The summed E-state index contributed by atoms with van der Waals surface area (Å²) in [5.41, 5.74) is 1.59. The van der Waals surface area contributed by atoms with Gasteiger partial charge in [-0.3, -0.25) is 4.79 Å². The third-order valence-electron chi connectivity index (χ3n) is 4.68. The van der Waals surface area contributed by atoms with Gasteiger partial charge in [0, 0.05) is 22.7 Å². The summed E-state index contributed by atoms with van der Waals surface area (Å²) >= 11 is 0. The van der Waals surface area contributed by atoms with Gasteiger partial charge in [-0.15, -0.1) is 5.10 Å². The molecule has 0 bridgehead atoms. The minimum absolute atomic E-state index is 0.00945. The number of carbonyl (C=O) groups excluding carboxylic acids is 1. The predicted octanol–water partition coefficient (Wildman–Crippen LogP) is 3.87. The zero-order valence-electron chi connectivity index (χ0n) is 21.2. The smallest absolute Gasteiger partial charge is 0.237 e. The average molecular weight is 444 g/mol. The van der Waals surface area contributed by atoms with Gasteiger partial charge in [0.05, 0.1) is 18.3 Å². The summed E-state index contributed by atoms with van der Waals surface area (Å²) in [7, 11) is 0. The first kappa shape index (κ1) is 25.8. The van der Waals surface area contributed by atoms with E-state index in [2.05, 4.69) is 62.5 Å². The lowest BCUT2D eigenvalue weighted by molar-refractivity contribution is -0.125. The maximum Gasteiger partial charge on any atom is 0.237 e. The van der Waals surface area contributed by atoms with E-state index < -0.39 is 0 Å². The van der Waals surface area contributed by atoms with E-state index >= 15 is 0 Å². The highest BCUT2D eigenvalue weighted by atomic mass is 16.5. The van der Waals surface area contributed by atoms with Crippen molar-refractivity contribution in [2.24, 2.45) is 0 Å². The Morgan fingerprint density at radius 1 is 1.00 bits per heavy atom. The summed E-state index contributed by atoms with van der Waals surface area (Å²) in [5.74, 6) is 0.805. The molecular formula is C25H41N5O2. The molecule has 1 atom stereocenters. The fourth-order valence-corrected chi connectivity index (χ4v) is 3.15. The van der Waals surface area contributed by atoms with E-state index in [0.29, 0.717) is 19.6 Å². The summed E-state index contributed by atoms with van der Waals surface area (Å²) in [5, 5.41) is 14.9. The lowest BCUT2D eigenvalue weighted by Crippen LogP contribution is -2.56. The van der Waals surface area contributed by atoms with Crippen molar-refractivity contribution in [1.29, 1.82) is 0 Å². The monoisotopic (exact) mass is 443 g/mol. The lowest BCUT2D eigenvalue weighted by atomic mass is 9.93. The van der Waals surface area contributed by atoms with Crippen molar-refractivity contribution in [2.75, 3.05) is 6.61 Å². The third kappa shape index (κ3) is 8.99. The SMILES string of the molecule is CC(C)(C)NC(=O)C(Cc1ccc(OCCn2cc(C(C)(C)C)nn2)cc1)NC(C)(C)C. The van der Waals surface area contributed by atoms with Crippen LogP contribution in [0.3, 0.4) is 0 Å². The fourth-order valence-electron chi connectivity index (χ4n) is 3.15. The lowest BCUT2D eigenvalue weighted by Gasteiger charge is -2.31. The molecular weight excluding hydrogens is 402 g/mol. The molecule has 32 heavy (non-hydrogen) atoms. The molecule has 7 heteroatoms. The number of hydrogen-bond donors (Lipinski definition) is 2. The Hall–Kier alpha value is -2.41. The van der Waals surface area contributed by atoms with Crippen LogP contribution in [-0.2, 0) is 23.2 Å². The highest BCUT2D eigenvalue weighted by Crippen LogP contribution is 2.19. The van der Waals surface area contributed by atoms with Crippen molar-refractivity contribution < 1.29 is 9.53 Å². The summed E-state index contributed by atoms with van der Waals surface area (Å²) < 4.78 is 7.69. The van der Waals surface area contributed by atoms with Gasteiger partial charge in [0.1, 0.15) is 12.4 Å². The molecule has 1 heterocycles.